The van der Waals surface area contributed by atoms with E-state index in [1.807, 2.05) is 20.8 Å². The quantitative estimate of drug-likeness (QED) is 0.359. The third-order valence-corrected chi connectivity index (χ3v) is 7.44. The number of hydrogen-bond donors (Lipinski definition) is 3. The topological polar surface area (TPSA) is 140 Å². The monoisotopic (exact) mass is 536 g/mol. The number of halogens is 1. The van der Waals surface area contributed by atoms with Crippen LogP contribution in [0.5, 0.6) is 0 Å². The summed E-state index contributed by atoms with van der Waals surface area (Å²) in [4.78, 5) is 54.2. The molecule has 5 atom stereocenters. The zero-order chi connectivity index (χ0) is 27.7. The number of nitrogens with one attached hydrogen (secondary N) is 2. The van der Waals surface area contributed by atoms with Crippen LogP contribution in [0.25, 0.3) is 0 Å². The summed E-state index contributed by atoms with van der Waals surface area (Å²) in [5, 5.41) is 5.98. The summed E-state index contributed by atoms with van der Waals surface area (Å²) < 4.78 is 10.8. The van der Waals surface area contributed by atoms with Crippen LogP contribution in [0.15, 0.2) is 18.2 Å². The number of ether oxygens (including phenoxy) is 2. The van der Waals surface area contributed by atoms with E-state index in [0.717, 1.165) is 0 Å². The molecule has 204 valence electrons. The van der Waals surface area contributed by atoms with Gasteiger partial charge >= 0.3 is 5.97 Å². The van der Waals surface area contributed by atoms with Crippen LogP contribution in [-0.2, 0) is 23.9 Å². The molecule has 3 rings (SSSR count). The molecule has 3 amide bonds. The first kappa shape index (κ1) is 28.7. The zero-order valence-electron chi connectivity index (χ0n) is 22.2. The molecule has 11 heteroatoms. The van der Waals surface area contributed by atoms with Crippen LogP contribution in [0.2, 0.25) is 5.02 Å². The summed E-state index contributed by atoms with van der Waals surface area (Å²) in [6.07, 6.45) is 0.149. The predicted octanol–water partition coefficient (Wildman–Crippen LogP) is 2.49. The van der Waals surface area contributed by atoms with Crippen LogP contribution < -0.4 is 16.4 Å². The molecule has 0 aromatic heterocycles. The Bertz CT molecular complexity index is 1070. The summed E-state index contributed by atoms with van der Waals surface area (Å²) in [5.41, 5.74) is 4.52. The number of carbonyl (C=O) groups is 4. The van der Waals surface area contributed by atoms with Crippen molar-refractivity contribution in [2.24, 2.45) is 11.3 Å². The van der Waals surface area contributed by atoms with Gasteiger partial charge in [-0.2, -0.15) is 0 Å². The van der Waals surface area contributed by atoms with E-state index < -0.39 is 53.0 Å². The molecular formula is C26H37ClN4O6. The standard InChI is InChI=1S/C26H37ClN4O6/c1-7-36-23-18(14(2)22(34)37-23)29-24(35)26(6)11-8-12-31(26)21(33)19(25(3,4)5)30-20(32)15-9-10-17(28)16(27)13-15/h9-10,13-14,18-19,23H,7-8,11-12,28H2,1-6H3,(H,29,35)(H,30,32)/t14?,18-,19+,23+,26-/m0/s1. The van der Waals surface area contributed by atoms with Gasteiger partial charge in [0, 0.05) is 18.7 Å². The fourth-order valence-electron chi connectivity index (χ4n) is 4.72. The van der Waals surface area contributed by atoms with Crippen molar-refractivity contribution in [1.82, 2.24) is 15.5 Å². The van der Waals surface area contributed by atoms with E-state index in [4.69, 9.17) is 26.8 Å². The molecule has 2 saturated heterocycles. The molecule has 4 N–H and O–H groups in total. The van der Waals surface area contributed by atoms with Gasteiger partial charge in [-0.15, -0.1) is 0 Å². The van der Waals surface area contributed by atoms with Crippen LogP contribution in [-0.4, -0.2) is 65.7 Å². The molecule has 2 aliphatic heterocycles. The number of amides is 3. The number of cyclic esters (lactones) is 1. The van der Waals surface area contributed by atoms with Crippen LogP contribution >= 0.6 is 11.6 Å². The van der Waals surface area contributed by atoms with E-state index >= 15 is 0 Å². The van der Waals surface area contributed by atoms with Crippen LogP contribution in [0.4, 0.5) is 5.69 Å². The Balaban J connectivity index is 1.82. The molecule has 0 saturated carbocycles. The average molecular weight is 537 g/mol. The number of hydrogen-bond acceptors (Lipinski definition) is 7. The van der Waals surface area contributed by atoms with Crippen molar-refractivity contribution in [2.75, 3.05) is 18.9 Å². The average Bonchev–Trinajstić information content (AvgIpc) is 3.34. The number of nitrogens with zero attached hydrogens (tertiary/aromatic N) is 1. The molecule has 37 heavy (non-hydrogen) atoms. The molecule has 1 aromatic rings. The maximum atomic E-state index is 13.9. The SMILES string of the molecule is CCO[C@@H]1OC(=O)C(C)[C@@H]1NC(=O)[C@]1(C)CCCN1C(=O)[C@@H](NC(=O)c1ccc(N)c(Cl)c1)C(C)(C)C. The van der Waals surface area contributed by atoms with E-state index in [1.54, 1.807) is 20.8 Å². The van der Waals surface area contributed by atoms with E-state index in [2.05, 4.69) is 10.6 Å². The second kappa shape index (κ2) is 10.9. The molecular weight excluding hydrogens is 500 g/mol. The van der Waals surface area contributed by atoms with Crippen LogP contribution in [0.1, 0.15) is 64.7 Å². The van der Waals surface area contributed by atoms with Gasteiger partial charge in [0.05, 0.1) is 16.6 Å². The summed E-state index contributed by atoms with van der Waals surface area (Å²) >= 11 is 6.08. The second-order valence-corrected chi connectivity index (χ2v) is 11.3. The van der Waals surface area contributed by atoms with Gasteiger partial charge in [0.1, 0.15) is 17.6 Å². The van der Waals surface area contributed by atoms with E-state index in [-0.39, 0.29) is 16.5 Å². The van der Waals surface area contributed by atoms with Crippen LogP contribution in [0.3, 0.4) is 0 Å². The lowest BCUT2D eigenvalue weighted by Gasteiger charge is -2.40. The minimum absolute atomic E-state index is 0.240. The van der Waals surface area contributed by atoms with Crippen LogP contribution in [0, 0.1) is 11.3 Å². The predicted molar refractivity (Wildman–Crippen MR) is 139 cm³/mol. The Morgan fingerprint density at radius 1 is 1.32 bits per heavy atom. The Hall–Kier alpha value is -2.85. The highest BCUT2D eigenvalue weighted by atomic mass is 35.5. The molecule has 2 fully saturated rings. The van der Waals surface area contributed by atoms with E-state index in [9.17, 15) is 19.2 Å². The molecule has 2 aliphatic rings. The number of likely N-dealkylation sites (tertiary alicyclic amines) is 1. The highest BCUT2D eigenvalue weighted by Gasteiger charge is 2.52. The van der Waals surface area contributed by atoms with Crippen molar-refractivity contribution in [2.45, 2.75) is 78.3 Å². The first-order valence-electron chi connectivity index (χ1n) is 12.5. The minimum atomic E-state index is -1.18. The maximum absolute atomic E-state index is 13.9. The summed E-state index contributed by atoms with van der Waals surface area (Å²) in [5.74, 6) is -2.29. The molecule has 0 aliphatic carbocycles. The summed E-state index contributed by atoms with van der Waals surface area (Å²) in [6.45, 7) is 11.3. The van der Waals surface area contributed by atoms with Gasteiger partial charge in [0.25, 0.3) is 5.91 Å². The number of nitrogen functional groups attached to an aromatic ring is 1. The number of carbonyl (C=O) groups excluding carboxylic acids is 4. The van der Waals surface area contributed by atoms with Crippen molar-refractivity contribution >= 4 is 41.0 Å². The normalized spacial score (nSPS) is 26.5. The van der Waals surface area contributed by atoms with Crippen molar-refractivity contribution in [3.05, 3.63) is 28.8 Å². The van der Waals surface area contributed by atoms with Crippen molar-refractivity contribution < 1.29 is 28.7 Å². The third-order valence-electron chi connectivity index (χ3n) is 7.11. The highest BCUT2D eigenvalue weighted by molar-refractivity contribution is 6.33. The first-order chi connectivity index (χ1) is 17.2. The lowest BCUT2D eigenvalue weighted by atomic mass is 9.84. The van der Waals surface area contributed by atoms with Gasteiger partial charge < -0.3 is 30.7 Å². The number of benzene rings is 1. The molecule has 1 aromatic carbocycles. The fraction of sp³-hybridized carbons (Fsp3) is 0.615. The molecule has 1 unspecified atom stereocenters. The molecule has 2 heterocycles. The smallest absolute Gasteiger partial charge is 0.313 e. The molecule has 10 nitrogen and oxygen atoms in total. The number of anilines is 1. The Morgan fingerprint density at radius 3 is 2.59 bits per heavy atom. The highest BCUT2D eigenvalue weighted by Crippen LogP contribution is 2.34. The van der Waals surface area contributed by atoms with E-state index in [0.29, 0.717) is 31.7 Å². The maximum Gasteiger partial charge on any atom is 0.313 e. The second-order valence-electron chi connectivity index (χ2n) is 10.9. The van der Waals surface area contributed by atoms with Gasteiger partial charge in [-0.05, 0) is 57.2 Å². The first-order valence-corrected chi connectivity index (χ1v) is 12.9. The van der Waals surface area contributed by atoms with E-state index in [1.165, 1.54) is 23.1 Å². The Labute approximate surface area is 222 Å². The minimum Gasteiger partial charge on any atom is -0.433 e. The molecule has 0 bridgehead atoms. The van der Waals surface area contributed by atoms with Crippen molar-refractivity contribution in [3.63, 3.8) is 0 Å². The summed E-state index contributed by atoms with van der Waals surface area (Å²) in [6, 6.07) is 2.91. The molecule has 0 radical (unpaired) electrons. The van der Waals surface area contributed by atoms with Gasteiger partial charge in [0.2, 0.25) is 18.1 Å². The largest absolute Gasteiger partial charge is 0.433 e. The van der Waals surface area contributed by atoms with Gasteiger partial charge in [0.15, 0.2) is 0 Å². The summed E-state index contributed by atoms with van der Waals surface area (Å²) in [7, 11) is 0. The number of esters is 1. The van der Waals surface area contributed by atoms with Gasteiger partial charge in [-0.3, -0.25) is 19.2 Å². The Kier molecular flexibility index (Phi) is 8.44. The number of rotatable bonds is 7. The third kappa shape index (κ3) is 5.85. The molecule has 0 spiro atoms. The zero-order valence-corrected chi connectivity index (χ0v) is 23.0. The van der Waals surface area contributed by atoms with Gasteiger partial charge in [-0.25, -0.2) is 0 Å². The van der Waals surface area contributed by atoms with Crippen molar-refractivity contribution in [3.8, 4) is 0 Å². The Morgan fingerprint density at radius 2 is 2.00 bits per heavy atom. The van der Waals surface area contributed by atoms with Crippen molar-refractivity contribution in [1.29, 1.82) is 0 Å². The lowest BCUT2D eigenvalue weighted by Crippen LogP contribution is -2.63. The van der Waals surface area contributed by atoms with Gasteiger partial charge in [-0.1, -0.05) is 32.4 Å². The fourth-order valence-corrected chi connectivity index (χ4v) is 4.90. The number of nitrogens with two attached hydrogens (primary N) is 1. The lowest BCUT2D eigenvalue weighted by molar-refractivity contribution is -0.165.